The third-order valence-corrected chi connectivity index (χ3v) is 3.17. The van der Waals surface area contributed by atoms with Gasteiger partial charge >= 0.3 is 0 Å². The molecule has 1 heterocycles. The maximum atomic E-state index is 8.62. The van der Waals surface area contributed by atoms with Gasteiger partial charge in [-0.3, -0.25) is 5.43 Å². The maximum absolute atomic E-state index is 8.62. The number of ether oxygens (including phenoxy) is 2. The minimum absolute atomic E-state index is 0.261. The van der Waals surface area contributed by atoms with Crippen LogP contribution in [0.25, 0.3) is 0 Å². The summed E-state index contributed by atoms with van der Waals surface area (Å²) in [5.41, 5.74) is 5.50. The van der Waals surface area contributed by atoms with Gasteiger partial charge in [0.1, 0.15) is 18.7 Å². The number of nitrogens with zero attached hydrogens (tertiary/aromatic N) is 4. The van der Waals surface area contributed by atoms with Crippen LogP contribution in [-0.2, 0) is 6.61 Å². The van der Waals surface area contributed by atoms with Crippen molar-refractivity contribution in [1.29, 1.82) is 10.5 Å². The van der Waals surface area contributed by atoms with Crippen LogP contribution in [-0.4, -0.2) is 17.8 Å². The van der Waals surface area contributed by atoms with Crippen LogP contribution in [0.5, 0.6) is 11.5 Å². The molecule has 7 nitrogen and oxygen atoms in total. The predicted molar refractivity (Wildman–Crippen MR) is 81.7 cm³/mol. The van der Waals surface area contributed by atoms with E-state index in [0.717, 1.165) is 5.69 Å². The zero-order chi connectivity index (χ0) is 15.8. The second-order valence-electron chi connectivity index (χ2n) is 3.93. The Morgan fingerprint density at radius 2 is 2.18 bits per heavy atom. The molecule has 0 radical (unpaired) electrons. The number of hydrogen-bond acceptors (Lipinski definition) is 8. The SMILES string of the molecule is COc1cc(NN=C(C#N)C#N)ccc1OCc1cscn1. The first-order valence-electron chi connectivity index (χ1n) is 6.08. The molecule has 22 heavy (non-hydrogen) atoms. The number of nitrogens with one attached hydrogen (secondary N) is 1. The number of hydrogen-bond donors (Lipinski definition) is 1. The second kappa shape index (κ2) is 7.62. The molecule has 0 aliphatic heterocycles. The minimum Gasteiger partial charge on any atom is -0.493 e. The van der Waals surface area contributed by atoms with E-state index >= 15 is 0 Å². The molecule has 2 aromatic rings. The largest absolute Gasteiger partial charge is 0.493 e. The van der Waals surface area contributed by atoms with Crippen LogP contribution >= 0.6 is 11.3 Å². The summed E-state index contributed by atoms with van der Waals surface area (Å²) in [4.78, 5) is 4.13. The third kappa shape index (κ3) is 3.95. The van der Waals surface area contributed by atoms with Crippen LogP contribution < -0.4 is 14.9 Å². The summed E-state index contributed by atoms with van der Waals surface area (Å²) in [5, 5.41) is 22.8. The Morgan fingerprint density at radius 3 is 2.82 bits per heavy atom. The van der Waals surface area contributed by atoms with Crippen LogP contribution in [0.2, 0.25) is 0 Å². The molecule has 8 heteroatoms. The summed E-state index contributed by atoms with van der Waals surface area (Å²) in [6.07, 6.45) is 0. The van der Waals surface area contributed by atoms with Gasteiger partial charge in [0.25, 0.3) is 0 Å². The van der Waals surface area contributed by atoms with Crippen molar-refractivity contribution in [3.8, 4) is 23.6 Å². The lowest BCUT2D eigenvalue weighted by Gasteiger charge is -2.11. The average molecular weight is 313 g/mol. The van der Waals surface area contributed by atoms with Gasteiger partial charge in [0.2, 0.25) is 5.71 Å². The lowest BCUT2D eigenvalue weighted by molar-refractivity contribution is 0.281. The highest BCUT2D eigenvalue weighted by molar-refractivity contribution is 7.07. The van der Waals surface area contributed by atoms with Crippen molar-refractivity contribution in [2.75, 3.05) is 12.5 Å². The van der Waals surface area contributed by atoms with Crippen molar-refractivity contribution in [2.24, 2.45) is 5.10 Å². The summed E-state index contributed by atoms with van der Waals surface area (Å²) in [5.74, 6) is 1.07. The zero-order valence-corrected chi connectivity index (χ0v) is 12.4. The molecule has 0 aliphatic rings. The highest BCUT2D eigenvalue weighted by atomic mass is 32.1. The fraction of sp³-hybridized carbons (Fsp3) is 0.143. The molecular formula is C14H11N5O2S. The van der Waals surface area contributed by atoms with Gasteiger partial charge in [0.15, 0.2) is 11.5 Å². The molecule has 0 aliphatic carbocycles. The van der Waals surface area contributed by atoms with Crippen LogP contribution in [0, 0.1) is 22.7 Å². The quantitative estimate of drug-likeness (QED) is 0.649. The number of anilines is 1. The van der Waals surface area contributed by atoms with E-state index < -0.39 is 0 Å². The van der Waals surface area contributed by atoms with Crippen molar-refractivity contribution in [2.45, 2.75) is 6.61 Å². The summed E-state index contributed by atoms with van der Waals surface area (Å²) in [7, 11) is 1.52. The van der Waals surface area contributed by atoms with Crippen molar-refractivity contribution in [1.82, 2.24) is 4.98 Å². The molecule has 0 saturated heterocycles. The fourth-order valence-corrected chi connectivity index (χ4v) is 2.06. The molecule has 0 fully saturated rings. The Morgan fingerprint density at radius 1 is 1.36 bits per heavy atom. The van der Waals surface area contributed by atoms with E-state index in [2.05, 4.69) is 15.5 Å². The molecule has 0 amide bonds. The van der Waals surface area contributed by atoms with Crippen molar-refractivity contribution < 1.29 is 9.47 Å². The fourth-order valence-electron chi connectivity index (χ4n) is 1.51. The first kappa shape index (κ1) is 15.3. The zero-order valence-electron chi connectivity index (χ0n) is 11.6. The van der Waals surface area contributed by atoms with Gasteiger partial charge in [-0.15, -0.1) is 11.3 Å². The molecule has 110 valence electrons. The van der Waals surface area contributed by atoms with E-state index in [1.165, 1.54) is 18.4 Å². The number of hydrazone groups is 1. The number of aromatic nitrogens is 1. The molecule has 2 rings (SSSR count). The van der Waals surface area contributed by atoms with E-state index in [1.807, 2.05) is 5.38 Å². The lowest BCUT2D eigenvalue weighted by Crippen LogP contribution is -2.00. The van der Waals surface area contributed by atoms with E-state index in [-0.39, 0.29) is 5.71 Å². The van der Waals surface area contributed by atoms with Crippen LogP contribution in [0.1, 0.15) is 5.69 Å². The predicted octanol–water partition coefficient (Wildman–Crippen LogP) is 2.55. The molecule has 1 N–H and O–H groups in total. The molecule has 0 saturated carbocycles. The third-order valence-electron chi connectivity index (χ3n) is 2.53. The number of methoxy groups -OCH3 is 1. The van der Waals surface area contributed by atoms with E-state index in [1.54, 1.807) is 35.8 Å². The Kier molecular flexibility index (Phi) is 5.30. The first-order valence-corrected chi connectivity index (χ1v) is 7.03. The van der Waals surface area contributed by atoms with Gasteiger partial charge in [-0.2, -0.15) is 15.6 Å². The van der Waals surface area contributed by atoms with Crippen molar-refractivity contribution in [3.63, 3.8) is 0 Å². The van der Waals surface area contributed by atoms with Gasteiger partial charge in [-0.1, -0.05) is 0 Å². The molecule has 1 aromatic carbocycles. The molecule has 0 atom stereocenters. The van der Waals surface area contributed by atoms with Crippen molar-refractivity contribution >= 4 is 22.7 Å². The normalized spacial score (nSPS) is 9.23. The van der Waals surface area contributed by atoms with Crippen LogP contribution in [0.3, 0.4) is 0 Å². The van der Waals surface area contributed by atoms with Crippen LogP contribution in [0.4, 0.5) is 5.69 Å². The summed E-state index contributed by atoms with van der Waals surface area (Å²) < 4.78 is 10.9. The molecule has 0 bridgehead atoms. The Bertz CT molecular complexity index is 728. The van der Waals surface area contributed by atoms with Gasteiger partial charge < -0.3 is 9.47 Å². The highest BCUT2D eigenvalue weighted by Crippen LogP contribution is 2.30. The molecule has 0 unspecified atom stereocenters. The molecule has 1 aromatic heterocycles. The van der Waals surface area contributed by atoms with Gasteiger partial charge in [-0.25, -0.2) is 4.98 Å². The van der Waals surface area contributed by atoms with Gasteiger partial charge in [0.05, 0.1) is 24.0 Å². The molecule has 0 spiro atoms. The average Bonchev–Trinajstić information content (AvgIpc) is 3.07. The summed E-state index contributed by atoms with van der Waals surface area (Å²) >= 11 is 1.50. The number of thiazole rings is 1. The summed E-state index contributed by atoms with van der Waals surface area (Å²) in [6.45, 7) is 0.345. The maximum Gasteiger partial charge on any atom is 0.237 e. The summed E-state index contributed by atoms with van der Waals surface area (Å²) in [6, 6.07) is 8.40. The second-order valence-corrected chi connectivity index (χ2v) is 4.65. The van der Waals surface area contributed by atoms with Gasteiger partial charge in [0, 0.05) is 11.4 Å². The Hall–Kier alpha value is -3.10. The number of benzene rings is 1. The van der Waals surface area contributed by atoms with E-state index in [4.69, 9.17) is 20.0 Å². The van der Waals surface area contributed by atoms with Crippen LogP contribution in [0.15, 0.2) is 34.2 Å². The topological polar surface area (TPSA) is 103 Å². The van der Waals surface area contributed by atoms with Gasteiger partial charge in [-0.05, 0) is 12.1 Å². The minimum atomic E-state index is -0.261. The Balaban J connectivity index is 2.09. The van der Waals surface area contributed by atoms with E-state index in [0.29, 0.717) is 23.8 Å². The van der Waals surface area contributed by atoms with Crippen molar-refractivity contribution in [3.05, 3.63) is 34.8 Å². The monoisotopic (exact) mass is 313 g/mol. The standard InChI is InChI=1S/C14H11N5O2S/c1-20-14-4-10(18-19-11(5-15)6-16)2-3-13(14)21-7-12-8-22-9-17-12/h2-4,8-9,18H,7H2,1H3. The highest BCUT2D eigenvalue weighted by Gasteiger charge is 2.07. The van der Waals surface area contributed by atoms with E-state index in [9.17, 15) is 0 Å². The first-order chi connectivity index (χ1) is 10.8. The molecular weight excluding hydrogens is 302 g/mol. The number of nitriles is 2. The lowest BCUT2D eigenvalue weighted by atomic mass is 10.3. The number of rotatable bonds is 6. The Labute approximate surface area is 131 Å². The smallest absolute Gasteiger partial charge is 0.237 e.